The molecular formula is C16H21N5. The highest BCUT2D eigenvalue weighted by atomic mass is 15.2. The second-order valence-corrected chi connectivity index (χ2v) is 5.23. The van der Waals surface area contributed by atoms with Crippen LogP contribution in [0.25, 0.3) is 11.4 Å². The summed E-state index contributed by atoms with van der Waals surface area (Å²) in [5.74, 6) is 1.80. The predicted octanol–water partition coefficient (Wildman–Crippen LogP) is 1.90. The second-order valence-electron chi connectivity index (χ2n) is 5.23. The summed E-state index contributed by atoms with van der Waals surface area (Å²) in [4.78, 5) is 15.9. The van der Waals surface area contributed by atoms with Crippen molar-refractivity contribution in [2.45, 2.75) is 19.8 Å². The van der Waals surface area contributed by atoms with Crippen LogP contribution in [0.5, 0.6) is 0 Å². The van der Waals surface area contributed by atoms with E-state index in [1.807, 2.05) is 18.3 Å². The summed E-state index contributed by atoms with van der Waals surface area (Å²) in [5, 5.41) is 3.43. The number of nitrogens with one attached hydrogen (secondary N) is 1. The number of nitrogens with zero attached hydrogens (tertiary/aromatic N) is 4. The fourth-order valence-corrected chi connectivity index (χ4v) is 2.53. The molecule has 1 fully saturated rings. The van der Waals surface area contributed by atoms with E-state index in [-0.39, 0.29) is 0 Å². The van der Waals surface area contributed by atoms with Gasteiger partial charge in [-0.25, -0.2) is 9.97 Å². The van der Waals surface area contributed by atoms with Gasteiger partial charge in [-0.15, -0.1) is 0 Å². The van der Waals surface area contributed by atoms with Crippen LogP contribution in [0.4, 0.5) is 5.82 Å². The van der Waals surface area contributed by atoms with Gasteiger partial charge in [-0.1, -0.05) is 6.92 Å². The highest BCUT2D eigenvalue weighted by molar-refractivity contribution is 5.56. The van der Waals surface area contributed by atoms with Gasteiger partial charge in [0.25, 0.3) is 0 Å². The Hall–Kier alpha value is -2.01. The summed E-state index contributed by atoms with van der Waals surface area (Å²) in [6.07, 6.45) is 5.65. The Morgan fingerprint density at radius 2 is 2.19 bits per heavy atom. The molecule has 0 aromatic carbocycles. The van der Waals surface area contributed by atoms with Crippen LogP contribution in [0.1, 0.15) is 19.0 Å². The first kappa shape index (κ1) is 13.9. The third kappa shape index (κ3) is 3.36. The Labute approximate surface area is 125 Å². The van der Waals surface area contributed by atoms with Crippen LogP contribution in [-0.2, 0) is 6.42 Å². The van der Waals surface area contributed by atoms with E-state index in [2.05, 4.69) is 33.2 Å². The summed E-state index contributed by atoms with van der Waals surface area (Å²) in [5.41, 5.74) is 2.05. The Kier molecular flexibility index (Phi) is 4.40. The maximum atomic E-state index is 4.76. The molecule has 1 aliphatic rings. The van der Waals surface area contributed by atoms with Gasteiger partial charge in [0.2, 0.25) is 0 Å². The minimum absolute atomic E-state index is 0.773. The number of pyridine rings is 1. The van der Waals surface area contributed by atoms with E-state index in [1.54, 1.807) is 6.20 Å². The van der Waals surface area contributed by atoms with Crippen LogP contribution < -0.4 is 10.2 Å². The molecule has 0 bridgehead atoms. The van der Waals surface area contributed by atoms with Crippen molar-refractivity contribution in [3.8, 4) is 11.4 Å². The van der Waals surface area contributed by atoms with Gasteiger partial charge in [-0.3, -0.25) is 4.98 Å². The molecule has 110 valence electrons. The van der Waals surface area contributed by atoms with Gasteiger partial charge in [-0.05, 0) is 31.5 Å². The standard InChI is InChI=1S/C16H21N5/c1-2-14-11-15(21-9-4-7-17-8-10-21)20-16(19-14)13-5-3-6-18-12-13/h3,5-6,11-12,17H,2,4,7-10H2,1H3. The van der Waals surface area contributed by atoms with Gasteiger partial charge in [0.15, 0.2) is 5.82 Å². The second kappa shape index (κ2) is 6.63. The molecule has 3 rings (SSSR count). The molecule has 0 spiro atoms. The molecule has 0 aliphatic carbocycles. The van der Waals surface area contributed by atoms with Crippen molar-refractivity contribution >= 4 is 5.82 Å². The first-order valence-corrected chi connectivity index (χ1v) is 7.61. The predicted molar refractivity (Wildman–Crippen MR) is 84.3 cm³/mol. The van der Waals surface area contributed by atoms with E-state index in [1.165, 1.54) is 0 Å². The molecule has 5 heteroatoms. The average Bonchev–Trinajstić information content (AvgIpc) is 2.84. The fourth-order valence-electron chi connectivity index (χ4n) is 2.53. The Balaban J connectivity index is 1.96. The van der Waals surface area contributed by atoms with Crippen molar-refractivity contribution in [3.05, 3.63) is 36.3 Å². The zero-order valence-electron chi connectivity index (χ0n) is 12.4. The molecule has 1 N–H and O–H groups in total. The first-order valence-electron chi connectivity index (χ1n) is 7.61. The van der Waals surface area contributed by atoms with E-state index >= 15 is 0 Å². The Morgan fingerprint density at radius 1 is 1.24 bits per heavy atom. The molecule has 21 heavy (non-hydrogen) atoms. The van der Waals surface area contributed by atoms with Gasteiger partial charge in [-0.2, -0.15) is 0 Å². The minimum Gasteiger partial charge on any atom is -0.355 e. The minimum atomic E-state index is 0.773. The summed E-state index contributed by atoms with van der Waals surface area (Å²) in [6, 6.07) is 6.05. The summed E-state index contributed by atoms with van der Waals surface area (Å²) in [6.45, 7) is 6.25. The van der Waals surface area contributed by atoms with Crippen LogP contribution in [0.3, 0.4) is 0 Å². The van der Waals surface area contributed by atoms with Crippen molar-refractivity contribution in [3.63, 3.8) is 0 Å². The Bertz CT molecular complexity index is 576. The molecule has 0 radical (unpaired) electrons. The third-order valence-corrected chi connectivity index (χ3v) is 3.71. The van der Waals surface area contributed by atoms with Crippen LogP contribution in [0.2, 0.25) is 0 Å². The number of aromatic nitrogens is 3. The van der Waals surface area contributed by atoms with E-state index in [0.29, 0.717) is 0 Å². The molecule has 1 saturated heterocycles. The van der Waals surface area contributed by atoms with Crippen molar-refractivity contribution in [1.29, 1.82) is 0 Å². The molecule has 0 unspecified atom stereocenters. The summed E-state index contributed by atoms with van der Waals surface area (Å²) in [7, 11) is 0. The molecule has 1 aliphatic heterocycles. The number of rotatable bonds is 3. The monoisotopic (exact) mass is 283 g/mol. The van der Waals surface area contributed by atoms with E-state index < -0.39 is 0 Å². The lowest BCUT2D eigenvalue weighted by molar-refractivity contribution is 0.724. The number of anilines is 1. The molecule has 3 heterocycles. The van der Waals surface area contributed by atoms with Crippen molar-refractivity contribution in [1.82, 2.24) is 20.3 Å². The van der Waals surface area contributed by atoms with E-state index in [9.17, 15) is 0 Å². The number of hydrogen-bond donors (Lipinski definition) is 1. The highest BCUT2D eigenvalue weighted by Gasteiger charge is 2.14. The molecule has 2 aromatic rings. The van der Waals surface area contributed by atoms with Crippen LogP contribution in [0.15, 0.2) is 30.6 Å². The SMILES string of the molecule is CCc1cc(N2CCCNCC2)nc(-c2cccnc2)n1. The molecule has 0 atom stereocenters. The van der Waals surface area contributed by atoms with Crippen molar-refractivity contribution < 1.29 is 0 Å². The van der Waals surface area contributed by atoms with Crippen LogP contribution in [0, 0.1) is 0 Å². The summed E-state index contributed by atoms with van der Waals surface area (Å²) >= 11 is 0. The van der Waals surface area contributed by atoms with Crippen LogP contribution in [-0.4, -0.2) is 41.1 Å². The normalized spacial score (nSPS) is 15.8. The lowest BCUT2D eigenvalue weighted by Crippen LogP contribution is -2.29. The topological polar surface area (TPSA) is 53.9 Å². The first-order chi connectivity index (χ1) is 10.4. The number of aryl methyl sites for hydroxylation is 1. The lowest BCUT2D eigenvalue weighted by Gasteiger charge is -2.22. The zero-order chi connectivity index (χ0) is 14.5. The maximum Gasteiger partial charge on any atom is 0.163 e. The highest BCUT2D eigenvalue weighted by Crippen LogP contribution is 2.20. The van der Waals surface area contributed by atoms with Crippen molar-refractivity contribution in [2.24, 2.45) is 0 Å². The zero-order valence-corrected chi connectivity index (χ0v) is 12.4. The molecule has 5 nitrogen and oxygen atoms in total. The molecule has 0 saturated carbocycles. The Morgan fingerprint density at radius 3 is 3.00 bits per heavy atom. The van der Waals surface area contributed by atoms with Gasteiger partial charge >= 0.3 is 0 Å². The van der Waals surface area contributed by atoms with Gasteiger partial charge in [0, 0.05) is 49.4 Å². The quantitative estimate of drug-likeness (QED) is 0.932. The average molecular weight is 283 g/mol. The maximum absolute atomic E-state index is 4.76. The van der Waals surface area contributed by atoms with Crippen LogP contribution >= 0.6 is 0 Å². The van der Waals surface area contributed by atoms with Gasteiger partial charge < -0.3 is 10.2 Å². The summed E-state index contributed by atoms with van der Waals surface area (Å²) < 4.78 is 0. The third-order valence-electron chi connectivity index (χ3n) is 3.71. The smallest absolute Gasteiger partial charge is 0.163 e. The fraction of sp³-hybridized carbons (Fsp3) is 0.438. The molecule has 0 amide bonds. The van der Waals surface area contributed by atoms with Crippen molar-refractivity contribution in [2.75, 3.05) is 31.1 Å². The lowest BCUT2D eigenvalue weighted by atomic mass is 10.2. The van der Waals surface area contributed by atoms with Gasteiger partial charge in [0.1, 0.15) is 5.82 Å². The largest absolute Gasteiger partial charge is 0.355 e. The molecular weight excluding hydrogens is 262 g/mol. The van der Waals surface area contributed by atoms with E-state index in [4.69, 9.17) is 4.98 Å². The van der Waals surface area contributed by atoms with E-state index in [0.717, 1.165) is 61.9 Å². The molecule has 2 aromatic heterocycles. The number of hydrogen-bond acceptors (Lipinski definition) is 5. The van der Waals surface area contributed by atoms with Gasteiger partial charge in [0.05, 0.1) is 0 Å².